The van der Waals surface area contributed by atoms with E-state index in [1.807, 2.05) is 43.3 Å². The van der Waals surface area contributed by atoms with Crippen LogP contribution in [0.5, 0.6) is 0 Å². The fourth-order valence-electron chi connectivity index (χ4n) is 2.28. The Hall–Kier alpha value is -2.42. The Bertz CT molecular complexity index is 647. The van der Waals surface area contributed by atoms with Crippen LogP contribution < -0.4 is 0 Å². The molecule has 0 N–H and O–H groups in total. The van der Waals surface area contributed by atoms with Gasteiger partial charge in [-0.2, -0.15) is 0 Å². The summed E-state index contributed by atoms with van der Waals surface area (Å²) in [5.74, 6) is -0.836. The quantitative estimate of drug-likeness (QED) is 0.598. The molecular formula is C19H20O3. The Labute approximate surface area is 130 Å². The van der Waals surface area contributed by atoms with Crippen LogP contribution in [0.15, 0.2) is 54.6 Å². The topological polar surface area (TPSA) is 43.4 Å². The summed E-state index contributed by atoms with van der Waals surface area (Å²) in [6, 6.07) is 16.3. The highest BCUT2D eigenvalue weighted by Crippen LogP contribution is 2.23. The Balaban J connectivity index is 2.31. The maximum Gasteiger partial charge on any atom is 0.313 e. The SMILES string of the molecule is CCCOC(=O)[C@@H](C)c1ccccc1C(=O)c1ccccc1. The highest BCUT2D eigenvalue weighted by molar-refractivity contribution is 6.10. The number of hydrogen-bond donors (Lipinski definition) is 0. The summed E-state index contributed by atoms with van der Waals surface area (Å²) in [5, 5.41) is 0. The molecule has 3 heteroatoms. The molecular weight excluding hydrogens is 276 g/mol. The highest BCUT2D eigenvalue weighted by Gasteiger charge is 2.22. The molecule has 0 aliphatic carbocycles. The van der Waals surface area contributed by atoms with Crippen molar-refractivity contribution in [3.8, 4) is 0 Å². The first-order valence-corrected chi connectivity index (χ1v) is 7.50. The molecule has 1 atom stereocenters. The molecule has 0 aliphatic rings. The second kappa shape index (κ2) is 7.55. The fourth-order valence-corrected chi connectivity index (χ4v) is 2.28. The van der Waals surface area contributed by atoms with Crippen molar-refractivity contribution < 1.29 is 14.3 Å². The zero-order valence-electron chi connectivity index (χ0n) is 12.9. The lowest BCUT2D eigenvalue weighted by Gasteiger charge is -2.15. The van der Waals surface area contributed by atoms with E-state index in [2.05, 4.69) is 0 Å². The Morgan fingerprint density at radius 1 is 1.00 bits per heavy atom. The van der Waals surface area contributed by atoms with Crippen molar-refractivity contribution in [2.24, 2.45) is 0 Å². The molecule has 0 saturated carbocycles. The minimum Gasteiger partial charge on any atom is -0.465 e. The van der Waals surface area contributed by atoms with Gasteiger partial charge in [0.25, 0.3) is 0 Å². The summed E-state index contributed by atoms with van der Waals surface area (Å²) in [6.45, 7) is 4.12. The zero-order chi connectivity index (χ0) is 15.9. The van der Waals surface area contributed by atoms with Gasteiger partial charge in [-0.05, 0) is 18.9 Å². The molecule has 22 heavy (non-hydrogen) atoms. The van der Waals surface area contributed by atoms with Crippen LogP contribution in [0, 0.1) is 0 Å². The second-order valence-electron chi connectivity index (χ2n) is 5.17. The molecule has 0 heterocycles. The van der Waals surface area contributed by atoms with Crippen LogP contribution in [-0.2, 0) is 9.53 Å². The van der Waals surface area contributed by atoms with Crippen molar-refractivity contribution in [2.45, 2.75) is 26.2 Å². The second-order valence-corrected chi connectivity index (χ2v) is 5.17. The van der Waals surface area contributed by atoms with Crippen molar-refractivity contribution in [3.63, 3.8) is 0 Å². The number of esters is 1. The number of ketones is 1. The van der Waals surface area contributed by atoms with Crippen LogP contribution in [0.3, 0.4) is 0 Å². The van der Waals surface area contributed by atoms with Gasteiger partial charge < -0.3 is 4.74 Å². The van der Waals surface area contributed by atoms with E-state index < -0.39 is 5.92 Å². The standard InChI is InChI=1S/C19H20O3/c1-3-13-22-19(21)14(2)16-11-7-8-12-17(16)18(20)15-9-5-4-6-10-15/h4-12,14H,3,13H2,1-2H3/t14-/m0/s1. The first kappa shape index (κ1) is 16.0. The van der Waals surface area contributed by atoms with E-state index in [0.29, 0.717) is 23.3 Å². The van der Waals surface area contributed by atoms with Crippen molar-refractivity contribution in [1.82, 2.24) is 0 Å². The van der Waals surface area contributed by atoms with Gasteiger partial charge in [0.15, 0.2) is 5.78 Å². The van der Waals surface area contributed by atoms with Crippen molar-refractivity contribution in [1.29, 1.82) is 0 Å². The number of benzene rings is 2. The summed E-state index contributed by atoms with van der Waals surface area (Å²) < 4.78 is 5.20. The van der Waals surface area contributed by atoms with Gasteiger partial charge in [-0.15, -0.1) is 0 Å². The molecule has 0 bridgehead atoms. The first-order chi connectivity index (χ1) is 10.6. The minimum absolute atomic E-state index is 0.0775. The van der Waals surface area contributed by atoms with Crippen LogP contribution >= 0.6 is 0 Å². The van der Waals surface area contributed by atoms with Crippen LogP contribution in [0.25, 0.3) is 0 Å². The minimum atomic E-state index is -0.463. The summed E-state index contributed by atoms with van der Waals surface area (Å²) in [4.78, 5) is 24.7. The predicted octanol–water partition coefficient (Wildman–Crippen LogP) is 3.97. The summed E-state index contributed by atoms with van der Waals surface area (Å²) in [7, 11) is 0. The normalized spacial score (nSPS) is 11.7. The fraction of sp³-hybridized carbons (Fsp3) is 0.263. The maximum atomic E-state index is 12.7. The molecule has 0 aliphatic heterocycles. The maximum absolute atomic E-state index is 12.7. The number of hydrogen-bond acceptors (Lipinski definition) is 3. The van der Waals surface area contributed by atoms with Gasteiger partial charge in [0, 0.05) is 11.1 Å². The van der Waals surface area contributed by atoms with Crippen LogP contribution in [-0.4, -0.2) is 18.4 Å². The average molecular weight is 296 g/mol. The van der Waals surface area contributed by atoms with Crippen molar-refractivity contribution >= 4 is 11.8 Å². The van der Waals surface area contributed by atoms with E-state index >= 15 is 0 Å². The van der Waals surface area contributed by atoms with E-state index in [4.69, 9.17) is 4.74 Å². The number of carbonyl (C=O) groups excluding carboxylic acids is 2. The van der Waals surface area contributed by atoms with Crippen molar-refractivity contribution in [3.05, 3.63) is 71.3 Å². The Morgan fingerprint density at radius 2 is 1.64 bits per heavy atom. The van der Waals surface area contributed by atoms with Gasteiger partial charge in [0.1, 0.15) is 0 Å². The van der Waals surface area contributed by atoms with E-state index in [-0.39, 0.29) is 11.8 Å². The zero-order valence-corrected chi connectivity index (χ0v) is 12.9. The summed E-state index contributed by atoms with van der Waals surface area (Å²) in [6.07, 6.45) is 0.781. The van der Waals surface area contributed by atoms with Crippen LogP contribution in [0.1, 0.15) is 47.7 Å². The van der Waals surface area contributed by atoms with E-state index in [1.54, 1.807) is 25.1 Å². The lowest BCUT2D eigenvalue weighted by molar-refractivity contribution is -0.145. The van der Waals surface area contributed by atoms with E-state index in [1.165, 1.54) is 0 Å². The van der Waals surface area contributed by atoms with Crippen LogP contribution in [0.4, 0.5) is 0 Å². The molecule has 0 radical (unpaired) electrons. The van der Waals surface area contributed by atoms with Gasteiger partial charge in [-0.1, -0.05) is 61.5 Å². The molecule has 2 rings (SSSR count). The lowest BCUT2D eigenvalue weighted by atomic mass is 9.91. The largest absolute Gasteiger partial charge is 0.465 e. The van der Waals surface area contributed by atoms with Gasteiger partial charge in [-0.3, -0.25) is 9.59 Å². The third-order valence-corrected chi connectivity index (χ3v) is 3.51. The number of rotatable bonds is 6. The Kier molecular flexibility index (Phi) is 5.48. The molecule has 2 aromatic rings. The predicted molar refractivity (Wildman–Crippen MR) is 86.0 cm³/mol. The molecule has 0 unspecified atom stereocenters. The highest BCUT2D eigenvalue weighted by atomic mass is 16.5. The number of carbonyl (C=O) groups is 2. The third kappa shape index (κ3) is 3.61. The molecule has 3 nitrogen and oxygen atoms in total. The number of ether oxygens (including phenoxy) is 1. The van der Waals surface area contributed by atoms with Crippen LogP contribution in [0.2, 0.25) is 0 Å². The van der Waals surface area contributed by atoms with E-state index in [9.17, 15) is 9.59 Å². The molecule has 0 saturated heterocycles. The third-order valence-electron chi connectivity index (χ3n) is 3.51. The average Bonchev–Trinajstić information content (AvgIpc) is 2.59. The molecule has 114 valence electrons. The van der Waals surface area contributed by atoms with Gasteiger partial charge >= 0.3 is 5.97 Å². The smallest absolute Gasteiger partial charge is 0.313 e. The molecule has 0 amide bonds. The molecule has 2 aromatic carbocycles. The molecule has 0 aromatic heterocycles. The first-order valence-electron chi connectivity index (χ1n) is 7.50. The van der Waals surface area contributed by atoms with Gasteiger partial charge in [-0.25, -0.2) is 0 Å². The Morgan fingerprint density at radius 3 is 2.32 bits per heavy atom. The lowest BCUT2D eigenvalue weighted by Crippen LogP contribution is -2.17. The summed E-state index contributed by atoms with van der Waals surface area (Å²) in [5.41, 5.74) is 1.87. The van der Waals surface area contributed by atoms with Gasteiger partial charge in [0.05, 0.1) is 12.5 Å². The van der Waals surface area contributed by atoms with Gasteiger partial charge in [0.2, 0.25) is 0 Å². The summed E-state index contributed by atoms with van der Waals surface area (Å²) >= 11 is 0. The van der Waals surface area contributed by atoms with Crippen molar-refractivity contribution in [2.75, 3.05) is 6.61 Å². The molecule has 0 spiro atoms. The monoisotopic (exact) mass is 296 g/mol. The molecule has 0 fully saturated rings. The van der Waals surface area contributed by atoms with E-state index in [0.717, 1.165) is 6.42 Å².